The predicted octanol–water partition coefficient (Wildman–Crippen LogP) is 7.04. The number of nitrogens with one attached hydrogen (secondary N) is 3. The summed E-state index contributed by atoms with van der Waals surface area (Å²) >= 11 is 0. The van der Waals surface area contributed by atoms with Crippen LogP contribution >= 0.6 is 0 Å². The van der Waals surface area contributed by atoms with Crippen LogP contribution in [0.4, 0.5) is 34.1 Å². The van der Waals surface area contributed by atoms with E-state index in [4.69, 9.17) is 5.73 Å². The van der Waals surface area contributed by atoms with Crippen LogP contribution in [0, 0.1) is 6.92 Å². The average molecular weight is 910 g/mol. The van der Waals surface area contributed by atoms with Gasteiger partial charge in [0.05, 0.1) is 22.0 Å². The highest BCUT2D eigenvalue weighted by Gasteiger charge is 2.33. The summed E-state index contributed by atoms with van der Waals surface area (Å²) in [6.07, 6.45) is 1.05. The van der Waals surface area contributed by atoms with E-state index in [0.29, 0.717) is 34.3 Å². The van der Waals surface area contributed by atoms with Gasteiger partial charge in [-0.3, -0.25) is 33.5 Å². The lowest BCUT2D eigenvalue weighted by Crippen LogP contribution is -2.27. The fourth-order valence-electron chi connectivity index (χ4n) is 6.24. The molecule has 0 radical (unpaired) electrons. The maximum Gasteiger partial charge on any atom is 0.296 e. The molecule has 0 fully saturated rings. The van der Waals surface area contributed by atoms with Crippen LogP contribution in [-0.2, 0) is 30.4 Å². The zero-order valence-corrected chi connectivity index (χ0v) is 34.7. The normalized spacial score (nSPS) is 13.7. The number of amides is 2. The number of hydrogen-bond acceptors (Lipinski definition) is 14. The van der Waals surface area contributed by atoms with E-state index < -0.39 is 68.4 Å². The predicted molar refractivity (Wildman–Crippen MR) is 233 cm³/mol. The van der Waals surface area contributed by atoms with E-state index in [9.17, 15) is 53.3 Å². The van der Waals surface area contributed by atoms with Crippen LogP contribution in [0.3, 0.4) is 0 Å². The summed E-state index contributed by atoms with van der Waals surface area (Å²) in [5.41, 5.74) is 10.8. The molecule has 1 aliphatic rings. The number of allylic oxidation sites excluding steroid dienone is 1. The molecule has 0 saturated carbocycles. The summed E-state index contributed by atoms with van der Waals surface area (Å²) in [6.45, 7) is 1.69. The summed E-state index contributed by atoms with van der Waals surface area (Å²) < 4.78 is 101. The number of azo groups is 1. The number of anilines is 4. The molecule has 0 atom stereocenters. The van der Waals surface area contributed by atoms with Crippen LogP contribution in [0.5, 0.6) is 0 Å². The highest BCUT2D eigenvalue weighted by molar-refractivity contribution is 7.91. The maximum atomic E-state index is 13.5. The molecule has 6 aromatic carbocycles. The zero-order valence-electron chi connectivity index (χ0n) is 32.2. The van der Waals surface area contributed by atoms with Crippen molar-refractivity contribution in [2.24, 2.45) is 15.3 Å². The van der Waals surface area contributed by atoms with E-state index in [-0.39, 0.29) is 44.5 Å². The van der Waals surface area contributed by atoms with Gasteiger partial charge in [-0.05, 0) is 139 Å². The molecule has 0 bridgehead atoms. The molecule has 0 unspecified atom stereocenters. The molecular formula is C41H31N7O12S3. The molecule has 7 rings (SSSR count). The third-order valence-electron chi connectivity index (χ3n) is 9.36. The second-order valence-corrected chi connectivity index (χ2v) is 18.0. The molecule has 63 heavy (non-hydrogen) atoms. The number of nitrogens with zero attached hydrogens (tertiary/aromatic N) is 3. The summed E-state index contributed by atoms with van der Waals surface area (Å²) in [4.78, 5) is 37.0. The summed E-state index contributed by atoms with van der Waals surface area (Å²) in [6, 6.07) is 26.5. The summed E-state index contributed by atoms with van der Waals surface area (Å²) in [5.74, 6) is -1.82. The number of carbonyl (C=O) groups excluding carboxylic acids is 3. The monoisotopic (exact) mass is 909 g/mol. The van der Waals surface area contributed by atoms with Gasteiger partial charge in [0.2, 0.25) is 5.78 Å². The number of fused-ring (bicyclic) bond motifs is 2. The van der Waals surface area contributed by atoms with Gasteiger partial charge in [0.25, 0.3) is 42.2 Å². The molecule has 2 amide bonds. The van der Waals surface area contributed by atoms with Gasteiger partial charge in [-0.2, -0.15) is 40.6 Å². The van der Waals surface area contributed by atoms with Gasteiger partial charge in [0.15, 0.2) is 5.71 Å². The molecule has 22 heteroatoms. The fraction of sp³-hybridized carbons (Fsp3) is 0.0244. The van der Waals surface area contributed by atoms with Gasteiger partial charge >= 0.3 is 0 Å². The number of hydrogen-bond donors (Lipinski definition) is 7. The molecule has 1 aliphatic carbocycles. The van der Waals surface area contributed by atoms with E-state index in [1.807, 2.05) is 0 Å². The standard InChI is InChI=1S/C41H31N7O12S3/c1-22-16-29(13-15-35(22)47-46-31-11-6-25-18-32(61(52,53)54)21-36(34(25)20-31)62(55,56)57)43-41(51)24-4-9-28(10-5-24)45-48-38-37(63(58,59)60)19-26-17-30(12-14-33(26)39(38)49)44-40(50)23-2-7-27(42)8-3-23/h2-21,45H,42H2,1H3,(H,43,51)(H,44,50)(H,52,53,54)(H,55,56,57)(H,58,59,60). The fourth-order valence-corrected chi connectivity index (χ4v) is 8.25. The molecule has 19 nitrogen and oxygen atoms in total. The van der Waals surface area contributed by atoms with Crippen LogP contribution in [0.1, 0.15) is 42.2 Å². The number of hydrazone groups is 1. The molecule has 0 spiro atoms. The lowest BCUT2D eigenvalue weighted by atomic mass is 9.94. The topological polar surface area (TPSA) is 314 Å². The number of benzene rings is 6. The Morgan fingerprint density at radius 2 is 1.24 bits per heavy atom. The van der Waals surface area contributed by atoms with Crippen molar-refractivity contribution in [1.29, 1.82) is 0 Å². The van der Waals surface area contributed by atoms with E-state index >= 15 is 0 Å². The summed E-state index contributed by atoms with van der Waals surface area (Å²) in [5, 5.41) is 17.7. The van der Waals surface area contributed by atoms with E-state index in [1.165, 1.54) is 72.8 Å². The minimum atomic E-state index is -4.97. The van der Waals surface area contributed by atoms with Crippen molar-refractivity contribution < 1.29 is 53.3 Å². The van der Waals surface area contributed by atoms with Crippen molar-refractivity contribution >= 4 is 105 Å². The third kappa shape index (κ3) is 9.86. The van der Waals surface area contributed by atoms with Crippen molar-refractivity contribution in [2.75, 3.05) is 21.8 Å². The van der Waals surface area contributed by atoms with Crippen LogP contribution in [-0.4, -0.2) is 62.2 Å². The SMILES string of the molecule is Cc1cc(NC(=O)c2ccc(NN=C3C(=O)c4ccc(NC(=O)c5ccc(N)cc5)cc4C=C3S(=O)(=O)O)cc2)ccc1N=Nc1ccc2cc(S(=O)(=O)O)cc(S(=O)(=O)O)c2c1. The van der Waals surface area contributed by atoms with Crippen LogP contribution in [0.15, 0.2) is 145 Å². The lowest BCUT2D eigenvalue weighted by Gasteiger charge is -2.17. The number of nitrogen functional groups attached to an aromatic ring is 1. The molecule has 0 aromatic heterocycles. The Bertz CT molecular complexity index is 3350. The minimum absolute atomic E-state index is 0.0507. The summed E-state index contributed by atoms with van der Waals surface area (Å²) in [7, 11) is -14.7. The largest absolute Gasteiger partial charge is 0.399 e. The Morgan fingerprint density at radius 3 is 1.84 bits per heavy atom. The van der Waals surface area contributed by atoms with Crippen molar-refractivity contribution in [1.82, 2.24) is 0 Å². The average Bonchev–Trinajstić information content (AvgIpc) is 3.21. The van der Waals surface area contributed by atoms with Crippen molar-refractivity contribution in [2.45, 2.75) is 16.7 Å². The van der Waals surface area contributed by atoms with Gasteiger partial charge < -0.3 is 16.4 Å². The van der Waals surface area contributed by atoms with Crippen molar-refractivity contribution in [3.8, 4) is 0 Å². The number of rotatable bonds is 11. The molecule has 0 heterocycles. The van der Waals surface area contributed by atoms with Gasteiger partial charge in [-0.1, -0.05) is 6.07 Å². The van der Waals surface area contributed by atoms with Crippen molar-refractivity contribution in [3.05, 3.63) is 148 Å². The Labute approximate surface area is 358 Å². The Balaban J connectivity index is 1.02. The van der Waals surface area contributed by atoms with E-state index in [2.05, 4.69) is 31.4 Å². The van der Waals surface area contributed by atoms with Crippen LogP contribution in [0.2, 0.25) is 0 Å². The second kappa shape index (κ2) is 16.8. The molecule has 0 saturated heterocycles. The second-order valence-electron chi connectivity index (χ2n) is 13.8. The first-order chi connectivity index (χ1) is 29.6. The van der Waals surface area contributed by atoms with E-state index in [1.54, 1.807) is 37.3 Å². The first-order valence-corrected chi connectivity index (χ1v) is 22.3. The highest BCUT2D eigenvalue weighted by atomic mass is 32.2. The zero-order chi connectivity index (χ0) is 45.4. The number of nitrogens with two attached hydrogens (primary N) is 1. The molecule has 320 valence electrons. The molecular weight excluding hydrogens is 879 g/mol. The van der Waals surface area contributed by atoms with Gasteiger partial charge in [0, 0.05) is 39.1 Å². The smallest absolute Gasteiger partial charge is 0.296 e. The Kier molecular flexibility index (Phi) is 11.6. The third-order valence-corrected chi connectivity index (χ3v) is 12.0. The minimum Gasteiger partial charge on any atom is -0.399 e. The maximum absolute atomic E-state index is 13.5. The number of aryl methyl sites for hydroxylation is 1. The number of carbonyl (C=O) groups is 3. The quantitative estimate of drug-likeness (QED) is 0.0297. The molecule has 0 aliphatic heterocycles. The molecule has 6 aromatic rings. The number of Topliss-reactive ketones (excluding diaryl/α,β-unsaturated/α-hetero) is 1. The molecule has 8 N–H and O–H groups in total. The van der Waals surface area contributed by atoms with Gasteiger partial charge in [-0.25, -0.2) is 0 Å². The first-order valence-electron chi connectivity index (χ1n) is 18.0. The first kappa shape index (κ1) is 43.6. The van der Waals surface area contributed by atoms with Crippen molar-refractivity contribution in [3.63, 3.8) is 0 Å². The van der Waals surface area contributed by atoms with E-state index in [0.717, 1.165) is 12.1 Å². The number of ketones is 1. The van der Waals surface area contributed by atoms with Gasteiger partial charge in [0.1, 0.15) is 9.80 Å². The van der Waals surface area contributed by atoms with Crippen LogP contribution < -0.4 is 21.8 Å². The Morgan fingerprint density at radius 1 is 0.635 bits per heavy atom. The highest BCUT2D eigenvalue weighted by Crippen LogP contribution is 2.33. The lowest BCUT2D eigenvalue weighted by molar-refractivity contribution is 0.101. The Hall–Kier alpha value is -7.47. The van der Waals surface area contributed by atoms with Crippen LogP contribution in [0.25, 0.3) is 16.8 Å². The van der Waals surface area contributed by atoms with Gasteiger partial charge in [-0.15, -0.1) is 0 Å².